The number of benzene rings is 1. The first-order valence-electron chi connectivity index (χ1n) is 7.49. The first kappa shape index (κ1) is 12.6. The second-order valence-corrected chi connectivity index (χ2v) is 6.15. The van der Waals surface area contributed by atoms with Crippen LogP contribution in [-0.2, 0) is 0 Å². The van der Waals surface area contributed by atoms with Crippen LogP contribution in [0.25, 0.3) is 11.1 Å². The Bertz CT molecular complexity index is 677. The summed E-state index contributed by atoms with van der Waals surface area (Å²) < 4.78 is 5.58. The van der Waals surface area contributed by atoms with Crippen molar-refractivity contribution < 1.29 is 9.34 Å². The van der Waals surface area contributed by atoms with Crippen LogP contribution < -0.4 is 5.32 Å². The maximum absolute atomic E-state index is 10.8. The second kappa shape index (κ2) is 4.72. The molecular weight excluding hydrogens is 270 g/mol. The highest BCUT2D eigenvalue weighted by molar-refractivity contribution is 5.77. The predicted molar refractivity (Wildman–Crippen MR) is 78.1 cm³/mol. The molecule has 1 aromatic carbocycles. The Kier molecular flexibility index (Phi) is 2.83. The molecule has 110 valence electrons. The van der Waals surface area contributed by atoms with Crippen molar-refractivity contribution in [2.45, 2.75) is 25.7 Å². The molecule has 0 unspecified atom stereocenters. The standard InChI is InChI=1S/C15H17N3O3/c19-18(20)11-5-6-13-14(7-11)21-15(17-13)16-8-12(9-1-2-9)10-3-4-10/h5-7,9-10,12H,1-4,8H2,(H,16,17). The van der Waals surface area contributed by atoms with Crippen LogP contribution in [0.2, 0.25) is 0 Å². The van der Waals surface area contributed by atoms with Gasteiger partial charge >= 0.3 is 0 Å². The number of hydrogen-bond donors (Lipinski definition) is 1. The van der Waals surface area contributed by atoms with E-state index in [1.807, 2.05) is 0 Å². The molecular formula is C15H17N3O3. The third-order valence-corrected chi connectivity index (χ3v) is 4.53. The number of fused-ring (bicyclic) bond motifs is 1. The van der Waals surface area contributed by atoms with Gasteiger partial charge in [0.2, 0.25) is 0 Å². The topological polar surface area (TPSA) is 81.2 Å². The van der Waals surface area contributed by atoms with Crippen LogP contribution in [0.5, 0.6) is 0 Å². The Hall–Kier alpha value is -2.11. The van der Waals surface area contributed by atoms with Crippen LogP contribution in [-0.4, -0.2) is 16.5 Å². The van der Waals surface area contributed by atoms with E-state index in [1.54, 1.807) is 6.07 Å². The van der Waals surface area contributed by atoms with Gasteiger partial charge in [-0.2, -0.15) is 4.98 Å². The van der Waals surface area contributed by atoms with Gasteiger partial charge in [0.15, 0.2) is 5.58 Å². The summed E-state index contributed by atoms with van der Waals surface area (Å²) in [4.78, 5) is 14.7. The van der Waals surface area contributed by atoms with Crippen LogP contribution in [0.15, 0.2) is 22.6 Å². The molecule has 1 aromatic heterocycles. The lowest BCUT2D eigenvalue weighted by atomic mass is 9.98. The number of nitrogens with one attached hydrogen (secondary N) is 1. The van der Waals surface area contributed by atoms with Crippen LogP contribution in [0.4, 0.5) is 11.7 Å². The molecule has 0 amide bonds. The molecule has 21 heavy (non-hydrogen) atoms. The third kappa shape index (κ3) is 2.57. The highest BCUT2D eigenvalue weighted by Gasteiger charge is 2.41. The molecule has 6 nitrogen and oxygen atoms in total. The molecule has 0 atom stereocenters. The van der Waals surface area contributed by atoms with E-state index in [0.29, 0.717) is 17.1 Å². The fourth-order valence-corrected chi connectivity index (χ4v) is 3.07. The molecule has 2 aliphatic rings. The fraction of sp³-hybridized carbons (Fsp3) is 0.533. The minimum Gasteiger partial charge on any atom is -0.423 e. The van der Waals surface area contributed by atoms with Gasteiger partial charge in [-0.3, -0.25) is 10.1 Å². The summed E-state index contributed by atoms with van der Waals surface area (Å²) in [5.74, 6) is 2.47. The van der Waals surface area contributed by atoms with Crippen molar-refractivity contribution in [2.24, 2.45) is 17.8 Å². The van der Waals surface area contributed by atoms with E-state index in [4.69, 9.17) is 4.42 Å². The Morgan fingerprint density at radius 1 is 1.33 bits per heavy atom. The van der Waals surface area contributed by atoms with E-state index in [2.05, 4.69) is 10.3 Å². The molecule has 1 heterocycles. The Morgan fingerprint density at radius 2 is 2.05 bits per heavy atom. The van der Waals surface area contributed by atoms with Gasteiger partial charge in [-0.25, -0.2) is 0 Å². The van der Waals surface area contributed by atoms with Crippen molar-refractivity contribution in [1.82, 2.24) is 4.98 Å². The van der Waals surface area contributed by atoms with Crippen molar-refractivity contribution in [3.05, 3.63) is 28.3 Å². The number of nitro benzene ring substituents is 1. The average Bonchev–Trinajstić information content (AvgIpc) is 3.36. The zero-order valence-corrected chi connectivity index (χ0v) is 11.6. The highest BCUT2D eigenvalue weighted by atomic mass is 16.6. The third-order valence-electron chi connectivity index (χ3n) is 4.53. The molecule has 4 rings (SSSR count). The number of nitro groups is 1. The molecule has 2 aromatic rings. The fourth-order valence-electron chi connectivity index (χ4n) is 3.07. The lowest BCUT2D eigenvalue weighted by molar-refractivity contribution is -0.384. The van der Waals surface area contributed by atoms with E-state index in [-0.39, 0.29) is 5.69 Å². The summed E-state index contributed by atoms with van der Waals surface area (Å²) in [6.45, 7) is 0.893. The summed E-state index contributed by atoms with van der Waals surface area (Å²) in [5.41, 5.74) is 1.14. The summed E-state index contributed by atoms with van der Waals surface area (Å²) in [5, 5.41) is 14.0. The van der Waals surface area contributed by atoms with Gasteiger partial charge in [-0.1, -0.05) is 0 Å². The minimum absolute atomic E-state index is 0.0269. The lowest BCUT2D eigenvalue weighted by Gasteiger charge is -2.14. The van der Waals surface area contributed by atoms with Gasteiger partial charge < -0.3 is 9.73 Å². The first-order valence-corrected chi connectivity index (χ1v) is 7.49. The number of rotatable bonds is 6. The van der Waals surface area contributed by atoms with E-state index in [1.165, 1.54) is 37.8 Å². The van der Waals surface area contributed by atoms with E-state index < -0.39 is 4.92 Å². The van der Waals surface area contributed by atoms with Crippen LogP contribution in [0, 0.1) is 27.9 Å². The molecule has 0 radical (unpaired) electrons. The number of non-ortho nitro benzene ring substituents is 1. The Labute approximate surface area is 121 Å². The van der Waals surface area contributed by atoms with Crippen LogP contribution >= 0.6 is 0 Å². The maximum Gasteiger partial charge on any atom is 0.295 e. The van der Waals surface area contributed by atoms with Gasteiger partial charge in [0.05, 0.1) is 11.0 Å². The molecule has 0 spiro atoms. The molecule has 2 saturated carbocycles. The minimum atomic E-state index is -0.425. The van der Waals surface area contributed by atoms with E-state index in [9.17, 15) is 10.1 Å². The first-order chi connectivity index (χ1) is 10.2. The second-order valence-electron chi connectivity index (χ2n) is 6.15. The Morgan fingerprint density at radius 3 is 2.67 bits per heavy atom. The maximum atomic E-state index is 10.8. The van der Waals surface area contributed by atoms with Crippen molar-refractivity contribution in [2.75, 3.05) is 11.9 Å². The van der Waals surface area contributed by atoms with Crippen molar-refractivity contribution in [1.29, 1.82) is 0 Å². The van der Waals surface area contributed by atoms with E-state index >= 15 is 0 Å². The Balaban J connectivity index is 1.49. The zero-order valence-electron chi connectivity index (χ0n) is 11.6. The predicted octanol–water partition coefficient (Wildman–Crippen LogP) is 3.58. The van der Waals surface area contributed by atoms with Gasteiger partial charge in [0.25, 0.3) is 11.7 Å². The monoisotopic (exact) mass is 287 g/mol. The van der Waals surface area contributed by atoms with Gasteiger partial charge in [0.1, 0.15) is 5.52 Å². The van der Waals surface area contributed by atoms with Crippen LogP contribution in [0.3, 0.4) is 0 Å². The molecule has 1 N–H and O–H groups in total. The number of oxazole rings is 1. The number of anilines is 1. The zero-order chi connectivity index (χ0) is 14.4. The van der Waals surface area contributed by atoms with E-state index in [0.717, 1.165) is 24.3 Å². The van der Waals surface area contributed by atoms with Gasteiger partial charge in [-0.15, -0.1) is 0 Å². The highest BCUT2D eigenvalue weighted by Crippen LogP contribution is 2.49. The molecule has 0 bridgehead atoms. The van der Waals surface area contributed by atoms with Gasteiger partial charge in [-0.05, 0) is 49.5 Å². The lowest BCUT2D eigenvalue weighted by Crippen LogP contribution is -2.18. The smallest absolute Gasteiger partial charge is 0.295 e. The molecule has 6 heteroatoms. The SMILES string of the molecule is O=[N+]([O-])c1ccc2nc(NCC(C3CC3)C3CC3)oc2c1. The molecule has 0 aliphatic heterocycles. The number of nitrogens with zero attached hydrogens (tertiary/aromatic N) is 2. The van der Waals surface area contributed by atoms with Crippen LogP contribution in [0.1, 0.15) is 25.7 Å². The quantitative estimate of drug-likeness (QED) is 0.648. The molecule has 2 aliphatic carbocycles. The number of hydrogen-bond acceptors (Lipinski definition) is 5. The molecule has 0 saturated heterocycles. The summed E-state index contributed by atoms with van der Waals surface area (Å²) in [6, 6.07) is 4.97. The number of aromatic nitrogens is 1. The van der Waals surface area contributed by atoms with Gasteiger partial charge in [0, 0.05) is 12.6 Å². The van der Waals surface area contributed by atoms with Crippen molar-refractivity contribution >= 4 is 22.8 Å². The largest absolute Gasteiger partial charge is 0.423 e. The average molecular weight is 287 g/mol. The normalized spacial score (nSPS) is 18.3. The summed E-state index contributed by atoms with van der Waals surface area (Å²) >= 11 is 0. The summed E-state index contributed by atoms with van der Waals surface area (Å²) in [7, 11) is 0. The van der Waals surface area contributed by atoms with Crippen molar-refractivity contribution in [3.63, 3.8) is 0 Å². The van der Waals surface area contributed by atoms with Crippen molar-refractivity contribution in [3.8, 4) is 0 Å². The summed E-state index contributed by atoms with van der Waals surface area (Å²) in [6.07, 6.45) is 5.40. The molecule has 2 fully saturated rings.